The fourth-order valence-electron chi connectivity index (χ4n) is 2.88. The molecule has 3 N–H and O–H groups in total. The number of anilines is 3. The Hall–Kier alpha value is -3.46. The molecule has 1 aliphatic heterocycles. The summed E-state index contributed by atoms with van der Waals surface area (Å²) in [4.78, 5) is 14.7. The summed E-state index contributed by atoms with van der Waals surface area (Å²) in [7, 11) is 1.96. The van der Waals surface area contributed by atoms with Crippen LogP contribution in [0.1, 0.15) is 11.4 Å². The Bertz CT molecular complexity index is 983. The topological polar surface area (TPSA) is 98.4 Å². The van der Waals surface area contributed by atoms with Crippen molar-refractivity contribution in [3.05, 3.63) is 59.7 Å². The van der Waals surface area contributed by atoms with Gasteiger partial charge in [-0.05, 0) is 49.0 Å². The van der Waals surface area contributed by atoms with E-state index in [1.807, 2.05) is 30.1 Å². The Morgan fingerprint density at radius 2 is 1.82 bits per heavy atom. The van der Waals surface area contributed by atoms with Gasteiger partial charge in [0.2, 0.25) is 18.7 Å². The van der Waals surface area contributed by atoms with Crippen LogP contribution >= 0.6 is 0 Å². The number of rotatable bonds is 6. The van der Waals surface area contributed by atoms with Crippen molar-refractivity contribution in [2.24, 2.45) is 0 Å². The van der Waals surface area contributed by atoms with Crippen LogP contribution in [0, 0.1) is 5.82 Å². The van der Waals surface area contributed by atoms with Crippen molar-refractivity contribution in [2.75, 3.05) is 24.9 Å². The van der Waals surface area contributed by atoms with E-state index in [1.54, 1.807) is 12.1 Å². The minimum absolute atomic E-state index is 0.117. The highest BCUT2D eigenvalue weighted by atomic mass is 19.1. The Balaban J connectivity index is 1.43. The number of nitrogen functional groups attached to an aromatic ring is 1. The predicted octanol–water partition coefficient (Wildman–Crippen LogP) is 2.70. The van der Waals surface area contributed by atoms with Gasteiger partial charge in [-0.1, -0.05) is 6.07 Å². The summed E-state index contributed by atoms with van der Waals surface area (Å²) in [6.07, 6.45) is 0. The molecule has 1 aromatic heterocycles. The van der Waals surface area contributed by atoms with Gasteiger partial charge in [0, 0.05) is 12.2 Å². The molecule has 8 nitrogen and oxygen atoms in total. The first-order valence-electron chi connectivity index (χ1n) is 8.65. The van der Waals surface area contributed by atoms with Crippen LogP contribution in [-0.2, 0) is 13.1 Å². The number of fused-ring (bicyclic) bond motifs is 1. The summed E-state index contributed by atoms with van der Waals surface area (Å²) in [5.41, 5.74) is 7.56. The van der Waals surface area contributed by atoms with Crippen molar-refractivity contribution in [3.63, 3.8) is 0 Å². The van der Waals surface area contributed by atoms with Crippen molar-refractivity contribution >= 4 is 17.6 Å². The largest absolute Gasteiger partial charge is 0.454 e. The number of halogens is 1. The Labute approximate surface area is 161 Å². The maximum absolute atomic E-state index is 13.0. The summed E-state index contributed by atoms with van der Waals surface area (Å²) in [5.74, 6) is 2.15. The lowest BCUT2D eigenvalue weighted by Crippen LogP contribution is -2.20. The van der Waals surface area contributed by atoms with Crippen molar-refractivity contribution in [3.8, 4) is 11.5 Å². The number of hydrogen-bond acceptors (Lipinski definition) is 8. The van der Waals surface area contributed by atoms with Gasteiger partial charge in [0.1, 0.15) is 11.6 Å². The number of nitrogens with two attached hydrogens (primary N) is 1. The van der Waals surface area contributed by atoms with Crippen molar-refractivity contribution in [1.29, 1.82) is 0 Å². The molecule has 144 valence electrons. The zero-order chi connectivity index (χ0) is 19.5. The summed E-state index contributed by atoms with van der Waals surface area (Å²) in [6, 6.07) is 11.8. The number of hydrogen-bond donors (Lipinski definition) is 2. The lowest BCUT2D eigenvalue weighted by atomic mass is 10.2. The highest BCUT2D eigenvalue weighted by molar-refractivity contribution is 5.53. The number of benzene rings is 2. The van der Waals surface area contributed by atoms with Gasteiger partial charge in [0.15, 0.2) is 11.5 Å². The first-order valence-corrected chi connectivity index (χ1v) is 8.65. The summed E-state index contributed by atoms with van der Waals surface area (Å²) in [5, 5.41) is 3.01. The molecule has 3 aromatic rings. The van der Waals surface area contributed by atoms with Crippen LogP contribution < -0.4 is 20.5 Å². The van der Waals surface area contributed by atoms with E-state index >= 15 is 0 Å². The minimum atomic E-state index is -0.313. The van der Waals surface area contributed by atoms with Gasteiger partial charge < -0.3 is 20.5 Å². The number of aromatic nitrogens is 3. The third-order valence-corrected chi connectivity index (χ3v) is 4.10. The standard InChI is InChI=1S/C19H19FN6O2/c1-26(9-12-2-7-15-16(8-12)28-11-27-15)10-17-23-18(21)25-19(24-17)22-14-5-3-13(20)4-6-14/h2-8H,9-11H2,1H3,(H3,21,22,23,24,25). The van der Waals surface area contributed by atoms with Crippen molar-refractivity contribution in [2.45, 2.75) is 13.1 Å². The molecule has 9 heteroatoms. The van der Waals surface area contributed by atoms with Gasteiger partial charge >= 0.3 is 0 Å². The van der Waals surface area contributed by atoms with Gasteiger partial charge in [0.25, 0.3) is 0 Å². The van der Waals surface area contributed by atoms with E-state index < -0.39 is 0 Å². The van der Waals surface area contributed by atoms with Crippen molar-refractivity contribution in [1.82, 2.24) is 19.9 Å². The number of nitrogens with one attached hydrogen (secondary N) is 1. The molecule has 0 spiro atoms. The molecule has 1 aliphatic rings. The van der Waals surface area contributed by atoms with E-state index in [9.17, 15) is 4.39 Å². The van der Waals surface area contributed by atoms with Gasteiger partial charge in [-0.3, -0.25) is 4.90 Å². The highest BCUT2D eigenvalue weighted by Crippen LogP contribution is 2.32. The zero-order valence-corrected chi connectivity index (χ0v) is 15.2. The molecular formula is C19H19FN6O2. The molecule has 0 unspecified atom stereocenters. The van der Waals surface area contributed by atoms with Gasteiger partial charge in [-0.15, -0.1) is 0 Å². The molecule has 0 fully saturated rings. The molecule has 0 aliphatic carbocycles. The molecule has 2 aromatic carbocycles. The SMILES string of the molecule is CN(Cc1ccc2c(c1)OCO2)Cc1nc(N)nc(Nc2ccc(F)cc2)n1. The minimum Gasteiger partial charge on any atom is -0.454 e. The van der Waals surface area contributed by atoms with Crippen LogP contribution in [-0.4, -0.2) is 33.7 Å². The van der Waals surface area contributed by atoms with E-state index in [4.69, 9.17) is 15.2 Å². The van der Waals surface area contributed by atoms with E-state index in [-0.39, 0.29) is 18.6 Å². The molecule has 0 amide bonds. The Morgan fingerprint density at radius 3 is 2.64 bits per heavy atom. The fourth-order valence-corrected chi connectivity index (χ4v) is 2.88. The predicted molar refractivity (Wildman–Crippen MR) is 102 cm³/mol. The third-order valence-electron chi connectivity index (χ3n) is 4.10. The van der Waals surface area contributed by atoms with Crippen LogP contribution in [0.3, 0.4) is 0 Å². The second-order valence-electron chi connectivity index (χ2n) is 6.43. The molecule has 0 bridgehead atoms. The summed E-state index contributed by atoms with van der Waals surface area (Å²) in [6.45, 7) is 1.39. The van der Waals surface area contributed by atoms with Crippen molar-refractivity contribution < 1.29 is 13.9 Å². The average Bonchev–Trinajstić information content (AvgIpc) is 3.11. The number of nitrogens with zero attached hydrogens (tertiary/aromatic N) is 4. The molecule has 0 radical (unpaired) electrons. The van der Waals surface area contributed by atoms with Crippen LogP contribution in [0.25, 0.3) is 0 Å². The Morgan fingerprint density at radius 1 is 1.04 bits per heavy atom. The van der Waals surface area contributed by atoms with E-state index in [0.29, 0.717) is 30.5 Å². The molecule has 28 heavy (non-hydrogen) atoms. The Kier molecular flexibility index (Phi) is 4.90. The quantitative estimate of drug-likeness (QED) is 0.671. The average molecular weight is 382 g/mol. The maximum Gasteiger partial charge on any atom is 0.232 e. The summed E-state index contributed by atoms with van der Waals surface area (Å²) < 4.78 is 23.8. The first kappa shape index (κ1) is 17.9. The number of ether oxygens (including phenoxy) is 2. The normalized spacial score (nSPS) is 12.4. The smallest absolute Gasteiger partial charge is 0.232 e. The van der Waals surface area contributed by atoms with Gasteiger partial charge in [-0.2, -0.15) is 15.0 Å². The molecule has 4 rings (SSSR count). The second-order valence-corrected chi connectivity index (χ2v) is 6.43. The molecule has 0 saturated heterocycles. The monoisotopic (exact) mass is 382 g/mol. The van der Waals surface area contributed by atoms with Crippen LogP contribution in [0.4, 0.5) is 22.0 Å². The van der Waals surface area contributed by atoms with Crippen LogP contribution in [0.15, 0.2) is 42.5 Å². The zero-order valence-electron chi connectivity index (χ0n) is 15.2. The first-order chi connectivity index (χ1) is 13.5. The van der Waals surface area contributed by atoms with Crippen LogP contribution in [0.5, 0.6) is 11.5 Å². The third kappa shape index (κ3) is 4.26. The van der Waals surface area contributed by atoms with E-state index in [1.165, 1.54) is 12.1 Å². The van der Waals surface area contributed by atoms with Gasteiger partial charge in [-0.25, -0.2) is 4.39 Å². The lowest BCUT2D eigenvalue weighted by Gasteiger charge is -2.16. The lowest BCUT2D eigenvalue weighted by molar-refractivity contribution is 0.174. The van der Waals surface area contributed by atoms with E-state index in [0.717, 1.165) is 17.1 Å². The van der Waals surface area contributed by atoms with E-state index in [2.05, 4.69) is 20.3 Å². The second kappa shape index (κ2) is 7.65. The molecule has 0 atom stereocenters. The fraction of sp³-hybridized carbons (Fsp3) is 0.211. The maximum atomic E-state index is 13.0. The molecule has 2 heterocycles. The highest BCUT2D eigenvalue weighted by Gasteiger charge is 2.14. The van der Waals surface area contributed by atoms with Gasteiger partial charge in [0.05, 0.1) is 6.54 Å². The summed E-state index contributed by atoms with van der Waals surface area (Å²) >= 11 is 0. The molecule has 0 saturated carbocycles. The molecular weight excluding hydrogens is 363 g/mol. The van der Waals surface area contributed by atoms with Crippen LogP contribution in [0.2, 0.25) is 0 Å².